The molecule has 4 heteroatoms. The van der Waals surface area contributed by atoms with Gasteiger partial charge in [-0.1, -0.05) is 19.9 Å². The van der Waals surface area contributed by atoms with Gasteiger partial charge in [-0.25, -0.2) is 0 Å². The molecule has 1 atom stereocenters. The fourth-order valence-electron chi connectivity index (χ4n) is 2.41. The van der Waals surface area contributed by atoms with Crippen molar-refractivity contribution >= 4 is 11.8 Å². The lowest BCUT2D eigenvalue weighted by Crippen LogP contribution is -2.39. The Labute approximate surface area is 127 Å². The lowest BCUT2D eigenvalue weighted by atomic mass is 10.2. The van der Waals surface area contributed by atoms with Gasteiger partial charge in [-0.3, -0.25) is 9.88 Å². The Kier molecular flexibility index (Phi) is 6.33. The van der Waals surface area contributed by atoms with Crippen LogP contribution in [0.1, 0.15) is 32.2 Å². The Hall–Kier alpha value is -0.580. The van der Waals surface area contributed by atoms with Crippen molar-refractivity contribution in [1.29, 1.82) is 0 Å². The molecule has 0 saturated carbocycles. The van der Waals surface area contributed by atoms with E-state index in [9.17, 15) is 0 Å². The number of nitrogens with zero attached hydrogens (tertiary/aromatic N) is 2. The van der Waals surface area contributed by atoms with E-state index in [2.05, 4.69) is 60.9 Å². The molecule has 1 N–H and O–H groups in total. The van der Waals surface area contributed by atoms with Crippen LogP contribution in [0.15, 0.2) is 18.2 Å². The van der Waals surface area contributed by atoms with Crippen molar-refractivity contribution in [3.63, 3.8) is 0 Å². The largest absolute Gasteiger partial charge is 0.311 e. The zero-order chi connectivity index (χ0) is 14.4. The molecule has 112 valence electrons. The van der Waals surface area contributed by atoms with Crippen LogP contribution in [-0.2, 0) is 13.1 Å². The number of aromatic nitrogens is 1. The highest BCUT2D eigenvalue weighted by molar-refractivity contribution is 7.99. The molecule has 1 aromatic heterocycles. The van der Waals surface area contributed by atoms with E-state index >= 15 is 0 Å². The highest BCUT2D eigenvalue weighted by Gasteiger charge is 2.18. The summed E-state index contributed by atoms with van der Waals surface area (Å²) in [4.78, 5) is 7.33. The SMILES string of the molecule is CC(C)CNCc1cccc(CN2CCSCC2C)n1. The predicted molar refractivity (Wildman–Crippen MR) is 88.0 cm³/mol. The van der Waals surface area contributed by atoms with Gasteiger partial charge in [0, 0.05) is 37.2 Å². The van der Waals surface area contributed by atoms with Crippen LogP contribution in [0.4, 0.5) is 0 Å². The third-order valence-electron chi connectivity index (χ3n) is 3.59. The number of nitrogens with one attached hydrogen (secondary N) is 1. The molecule has 0 aromatic carbocycles. The third kappa shape index (κ3) is 5.08. The minimum Gasteiger partial charge on any atom is -0.311 e. The van der Waals surface area contributed by atoms with Crippen molar-refractivity contribution < 1.29 is 0 Å². The van der Waals surface area contributed by atoms with Crippen LogP contribution < -0.4 is 5.32 Å². The molecule has 20 heavy (non-hydrogen) atoms. The second kappa shape index (κ2) is 8.01. The molecule has 0 bridgehead atoms. The quantitative estimate of drug-likeness (QED) is 0.873. The number of pyridine rings is 1. The maximum Gasteiger partial charge on any atom is 0.0547 e. The zero-order valence-corrected chi connectivity index (χ0v) is 13.7. The molecule has 1 fully saturated rings. The number of rotatable bonds is 6. The summed E-state index contributed by atoms with van der Waals surface area (Å²) in [5.74, 6) is 3.18. The Morgan fingerprint density at radius 3 is 2.95 bits per heavy atom. The van der Waals surface area contributed by atoms with Crippen molar-refractivity contribution in [2.75, 3.05) is 24.6 Å². The van der Waals surface area contributed by atoms with Crippen LogP contribution in [0, 0.1) is 5.92 Å². The fourth-order valence-corrected chi connectivity index (χ4v) is 3.49. The van der Waals surface area contributed by atoms with Crippen molar-refractivity contribution in [1.82, 2.24) is 15.2 Å². The van der Waals surface area contributed by atoms with Gasteiger partial charge in [-0.2, -0.15) is 11.8 Å². The van der Waals surface area contributed by atoms with Gasteiger partial charge in [0.2, 0.25) is 0 Å². The van der Waals surface area contributed by atoms with Crippen LogP contribution >= 0.6 is 11.8 Å². The molecule has 0 spiro atoms. The second-order valence-electron chi connectivity index (χ2n) is 6.04. The Bertz CT molecular complexity index is 408. The molecule has 3 nitrogen and oxygen atoms in total. The summed E-state index contributed by atoms with van der Waals surface area (Å²) in [6, 6.07) is 7.07. The van der Waals surface area contributed by atoms with Crippen LogP contribution in [0.5, 0.6) is 0 Å². The highest BCUT2D eigenvalue weighted by Crippen LogP contribution is 2.18. The molecule has 1 unspecified atom stereocenters. The van der Waals surface area contributed by atoms with E-state index < -0.39 is 0 Å². The maximum absolute atomic E-state index is 4.79. The monoisotopic (exact) mass is 293 g/mol. The van der Waals surface area contributed by atoms with Gasteiger partial charge in [-0.15, -0.1) is 0 Å². The molecule has 1 saturated heterocycles. The summed E-state index contributed by atoms with van der Waals surface area (Å²) in [5.41, 5.74) is 2.36. The van der Waals surface area contributed by atoms with E-state index in [1.165, 1.54) is 23.7 Å². The fraction of sp³-hybridized carbons (Fsp3) is 0.688. The third-order valence-corrected chi connectivity index (χ3v) is 4.78. The maximum atomic E-state index is 4.79. The van der Waals surface area contributed by atoms with Crippen molar-refractivity contribution in [3.8, 4) is 0 Å². The first-order valence-corrected chi connectivity index (χ1v) is 8.78. The molecule has 0 amide bonds. The Morgan fingerprint density at radius 2 is 2.20 bits per heavy atom. The molecule has 0 radical (unpaired) electrons. The van der Waals surface area contributed by atoms with Gasteiger partial charge in [0.25, 0.3) is 0 Å². The number of hydrogen-bond donors (Lipinski definition) is 1. The Balaban J connectivity index is 1.88. The van der Waals surface area contributed by atoms with E-state index in [4.69, 9.17) is 4.98 Å². The van der Waals surface area contributed by atoms with Gasteiger partial charge in [0.1, 0.15) is 0 Å². The average molecular weight is 293 g/mol. The minimum absolute atomic E-state index is 0.665. The van der Waals surface area contributed by atoms with Crippen LogP contribution in [-0.4, -0.2) is 40.5 Å². The lowest BCUT2D eigenvalue weighted by molar-refractivity contribution is 0.221. The molecule has 2 rings (SSSR count). The number of hydrogen-bond acceptors (Lipinski definition) is 4. The normalized spacial score (nSPS) is 20.5. The molecule has 2 heterocycles. The summed E-state index contributed by atoms with van der Waals surface area (Å²) in [7, 11) is 0. The highest BCUT2D eigenvalue weighted by atomic mass is 32.2. The van der Waals surface area contributed by atoms with E-state index in [1.807, 2.05) is 0 Å². The molecule has 1 aromatic rings. The predicted octanol–water partition coefficient (Wildman–Crippen LogP) is 2.76. The zero-order valence-electron chi connectivity index (χ0n) is 12.9. The standard InChI is InChI=1S/C16H27N3S/c1-13(2)9-17-10-15-5-4-6-16(18-15)11-19-7-8-20-12-14(19)3/h4-6,13-14,17H,7-12H2,1-3H3. The summed E-state index contributed by atoms with van der Waals surface area (Å²) in [5, 5.41) is 3.46. The first kappa shape index (κ1) is 15.8. The van der Waals surface area contributed by atoms with Crippen molar-refractivity contribution in [3.05, 3.63) is 29.6 Å². The molecular formula is C16H27N3S. The molecule has 1 aliphatic rings. The van der Waals surface area contributed by atoms with Gasteiger partial charge >= 0.3 is 0 Å². The molecule has 0 aliphatic carbocycles. The summed E-state index contributed by atoms with van der Waals surface area (Å²) in [6.07, 6.45) is 0. The minimum atomic E-state index is 0.665. The van der Waals surface area contributed by atoms with Gasteiger partial charge in [-0.05, 0) is 31.5 Å². The van der Waals surface area contributed by atoms with Crippen LogP contribution in [0.3, 0.4) is 0 Å². The van der Waals surface area contributed by atoms with E-state index in [1.54, 1.807) is 0 Å². The Morgan fingerprint density at radius 1 is 1.40 bits per heavy atom. The number of thioether (sulfide) groups is 1. The van der Waals surface area contributed by atoms with Gasteiger partial charge in [0.15, 0.2) is 0 Å². The van der Waals surface area contributed by atoms with E-state index in [-0.39, 0.29) is 0 Å². The van der Waals surface area contributed by atoms with Gasteiger partial charge in [0.05, 0.1) is 11.4 Å². The lowest BCUT2D eigenvalue weighted by Gasteiger charge is -2.32. The van der Waals surface area contributed by atoms with Gasteiger partial charge < -0.3 is 5.32 Å². The molecular weight excluding hydrogens is 266 g/mol. The summed E-state index contributed by atoms with van der Waals surface area (Å²) < 4.78 is 0. The first-order chi connectivity index (χ1) is 9.65. The van der Waals surface area contributed by atoms with Crippen molar-refractivity contribution in [2.45, 2.75) is 39.9 Å². The average Bonchev–Trinajstić information content (AvgIpc) is 2.41. The second-order valence-corrected chi connectivity index (χ2v) is 7.19. The van der Waals surface area contributed by atoms with E-state index in [0.717, 1.165) is 25.3 Å². The first-order valence-electron chi connectivity index (χ1n) is 7.62. The molecule has 1 aliphatic heterocycles. The summed E-state index contributed by atoms with van der Waals surface area (Å²) >= 11 is 2.06. The van der Waals surface area contributed by atoms with Crippen molar-refractivity contribution in [2.24, 2.45) is 5.92 Å². The summed E-state index contributed by atoms with van der Waals surface area (Å²) in [6.45, 7) is 10.9. The van der Waals surface area contributed by atoms with Crippen LogP contribution in [0.25, 0.3) is 0 Å². The topological polar surface area (TPSA) is 28.2 Å². The van der Waals surface area contributed by atoms with Crippen LogP contribution in [0.2, 0.25) is 0 Å². The van der Waals surface area contributed by atoms with E-state index in [0.29, 0.717) is 12.0 Å². The smallest absolute Gasteiger partial charge is 0.0547 e.